The molecule has 0 rings (SSSR count). The molecule has 0 saturated carbocycles. The fraction of sp³-hybridized carbons (Fsp3) is 0.692. The van der Waals surface area contributed by atoms with Gasteiger partial charge in [0.15, 0.2) is 0 Å². The van der Waals surface area contributed by atoms with E-state index in [1.165, 1.54) is 0 Å². The molecular weight excluding hydrogens is 206 g/mol. The Morgan fingerprint density at radius 1 is 1.33 bits per heavy atom. The average molecular weight is 230 g/mol. The Morgan fingerprint density at radius 3 is 2.13 bits per heavy atom. The molecule has 2 N–H and O–H groups in total. The molecule has 15 heavy (non-hydrogen) atoms. The van der Waals surface area contributed by atoms with Crippen molar-refractivity contribution in [2.45, 2.75) is 47.0 Å². The largest absolute Gasteiger partial charge is 0.399 e. The van der Waals surface area contributed by atoms with Crippen molar-refractivity contribution in [1.29, 1.82) is 0 Å². The minimum Gasteiger partial charge on any atom is -0.399 e. The Bertz CT molecular complexity index is 241. The standard InChI is InChI=1S/C13H24ClN/c1-6-8-11(7-2)13(14)12(9(3)4)10(5)15/h9,11H,5-8,15H2,1-4H3/b13-12-. The van der Waals surface area contributed by atoms with Crippen LogP contribution in [0.25, 0.3) is 0 Å². The molecule has 1 unspecified atom stereocenters. The second-order valence-corrected chi connectivity index (χ2v) is 4.74. The molecule has 0 fully saturated rings. The molecule has 0 aromatic carbocycles. The van der Waals surface area contributed by atoms with E-state index in [1.807, 2.05) is 0 Å². The van der Waals surface area contributed by atoms with Crippen LogP contribution >= 0.6 is 11.6 Å². The third-order valence-electron chi connectivity index (χ3n) is 2.67. The van der Waals surface area contributed by atoms with Gasteiger partial charge in [0.25, 0.3) is 0 Å². The van der Waals surface area contributed by atoms with Gasteiger partial charge < -0.3 is 5.73 Å². The Kier molecular flexibility index (Phi) is 6.75. The van der Waals surface area contributed by atoms with Crippen LogP contribution in [0, 0.1) is 11.8 Å². The van der Waals surface area contributed by atoms with E-state index >= 15 is 0 Å². The van der Waals surface area contributed by atoms with Gasteiger partial charge in [0.2, 0.25) is 0 Å². The number of hydrogen-bond donors (Lipinski definition) is 1. The highest BCUT2D eigenvalue weighted by molar-refractivity contribution is 6.30. The van der Waals surface area contributed by atoms with E-state index in [1.54, 1.807) is 0 Å². The van der Waals surface area contributed by atoms with Gasteiger partial charge in [-0.3, -0.25) is 0 Å². The van der Waals surface area contributed by atoms with Crippen molar-refractivity contribution in [2.75, 3.05) is 0 Å². The van der Waals surface area contributed by atoms with E-state index in [0.29, 0.717) is 17.5 Å². The minimum absolute atomic E-state index is 0.348. The third kappa shape index (κ3) is 4.29. The summed E-state index contributed by atoms with van der Waals surface area (Å²) in [6, 6.07) is 0. The maximum atomic E-state index is 6.42. The first-order valence-electron chi connectivity index (χ1n) is 5.79. The molecular formula is C13H24ClN. The van der Waals surface area contributed by atoms with Crippen molar-refractivity contribution >= 4 is 11.6 Å². The summed E-state index contributed by atoms with van der Waals surface area (Å²) in [5.41, 5.74) is 7.44. The van der Waals surface area contributed by atoms with Gasteiger partial charge in [-0.15, -0.1) is 0 Å². The molecule has 0 aliphatic carbocycles. The Hall–Kier alpha value is -0.430. The van der Waals surface area contributed by atoms with Crippen LogP contribution in [0.2, 0.25) is 0 Å². The second kappa shape index (κ2) is 6.95. The molecule has 0 spiro atoms. The summed E-state index contributed by atoms with van der Waals surface area (Å²) in [4.78, 5) is 0. The van der Waals surface area contributed by atoms with Crippen LogP contribution in [0.4, 0.5) is 0 Å². The van der Waals surface area contributed by atoms with Crippen LogP contribution in [0.1, 0.15) is 47.0 Å². The Morgan fingerprint density at radius 2 is 1.87 bits per heavy atom. The van der Waals surface area contributed by atoms with Crippen LogP contribution in [-0.4, -0.2) is 0 Å². The van der Waals surface area contributed by atoms with Crippen molar-refractivity contribution in [2.24, 2.45) is 17.6 Å². The van der Waals surface area contributed by atoms with Gasteiger partial charge in [-0.05, 0) is 30.3 Å². The number of rotatable bonds is 6. The van der Waals surface area contributed by atoms with E-state index < -0.39 is 0 Å². The first kappa shape index (κ1) is 14.6. The van der Waals surface area contributed by atoms with Crippen LogP contribution in [-0.2, 0) is 0 Å². The molecule has 0 aromatic heterocycles. The lowest BCUT2D eigenvalue weighted by Gasteiger charge is -2.20. The Balaban J connectivity index is 5.04. The van der Waals surface area contributed by atoms with Crippen molar-refractivity contribution in [1.82, 2.24) is 0 Å². The van der Waals surface area contributed by atoms with Crippen LogP contribution < -0.4 is 5.73 Å². The zero-order valence-electron chi connectivity index (χ0n) is 10.4. The van der Waals surface area contributed by atoms with Crippen molar-refractivity contribution < 1.29 is 0 Å². The Labute approximate surface area is 99.4 Å². The lowest BCUT2D eigenvalue weighted by Crippen LogP contribution is -2.11. The quantitative estimate of drug-likeness (QED) is 0.670. The molecule has 2 heteroatoms. The topological polar surface area (TPSA) is 26.0 Å². The number of hydrogen-bond acceptors (Lipinski definition) is 1. The van der Waals surface area contributed by atoms with E-state index in [-0.39, 0.29) is 0 Å². The molecule has 0 aliphatic heterocycles. The average Bonchev–Trinajstić information content (AvgIpc) is 2.12. The highest BCUT2D eigenvalue weighted by atomic mass is 35.5. The molecule has 88 valence electrons. The summed E-state index contributed by atoms with van der Waals surface area (Å²) in [5.74, 6) is 0.787. The van der Waals surface area contributed by atoms with Crippen LogP contribution in [0.15, 0.2) is 22.9 Å². The summed E-state index contributed by atoms with van der Waals surface area (Å²) in [6.07, 6.45) is 3.34. The normalized spacial score (nSPS) is 15.1. The highest BCUT2D eigenvalue weighted by Crippen LogP contribution is 2.32. The van der Waals surface area contributed by atoms with Gasteiger partial charge in [0, 0.05) is 10.7 Å². The summed E-state index contributed by atoms with van der Waals surface area (Å²) in [6.45, 7) is 12.4. The van der Waals surface area contributed by atoms with E-state index in [2.05, 4.69) is 34.3 Å². The van der Waals surface area contributed by atoms with Gasteiger partial charge in [-0.2, -0.15) is 0 Å². The van der Waals surface area contributed by atoms with Gasteiger partial charge in [-0.1, -0.05) is 52.3 Å². The molecule has 1 nitrogen and oxygen atoms in total. The summed E-state index contributed by atoms with van der Waals surface area (Å²) in [7, 11) is 0. The molecule has 0 aliphatic rings. The fourth-order valence-corrected chi connectivity index (χ4v) is 2.48. The zero-order valence-corrected chi connectivity index (χ0v) is 11.2. The molecule has 0 aromatic rings. The second-order valence-electron chi connectivity index (χ2n) is 4.34. The van der Waals surface area contributed by atoms with Gasteiger partial charge >= 0.3 is 0 Å². The number of allylic oxidation sites excluding steroid dienone is 2. The van der Waals surface area contributed by atoms with E-state index in [4.69, 9.17) is 17.3 Å². The monoisotopic (exact) mass is 229 g/mol. The predicted octanol–water partition coefficient (Wildman–Crippen LogP) is 4.43. The zero-order chi connectivity index (χ0) is 12.0. The summed E-state index contributed by atoms with van der Waals surface area (Å²) in [5, 5.41) is 0.918. The molecule has 0 bridgehead atoms. The maximum Gasteiger partial charge on any atom is 0.0287 e. The predicted molar refractivity (Wildman–Crippen MR) is 69.7 cm³/mol. The minimum atomic E-state index is 0.348. The van der Waals surface area contributed by atoms with Gasteiger partial charge in [0.1, 0.15) is 0 Å². The number of nitrogens with two attached hydrogens (primary N) is 1. The van der Waals surface area contributed by atoms with Gasteiger partial charge in [-0.25, -0.2) is 0 Å². The SMILES string of the molecule is C=C(N)/C(=C(\Cl)C(CC)CCC)C(C)C. The first-order chi connectivity index (χ1) is 6.95. The van der Waals surface area contributed by atoms with Crippen molar-refractivity contribution in [3.05, 3.63) is 22.9 Å². The van der Waals surface area contributed by atoms with Crippen molar-refractivity contribution in [3.8, 4) is 0 Å². The molecule has 0 saturated heterocycles. The van der Waals surface area contributed by atoms with Crippen molar-refractivity contribution in [3.63, 3.8) is 0 Å². The fourth-order valence-electron chi connectivity index (χ4n) is 1.88. The molecule has 0 radical (unpaired) electrons. The summed E-state index contributed by atoms with van der Waals surface area (Å²) >= 11 is 6.42. The maximum absolute atomic E-state index is 6.42. The number of halogens is 1. The first-order valence-corrected chi connectivity index (χ1v) is 6.17. The lowest BCUT2D eigenvalue weighted by molar-refractivity contribution is 0.544. The van der Waals surface area contributed by atoms with E-state index in [0.717, 1.165) is 29.9 Å². The van der Waals surface area contributed by atoms with Crippen LogP contribution in [0.3, 0.4) is 0 Å². The molecule has 1 atom stereocenters. The summed E-state index contributed by atoms with van der Waals surface area (Å²) < 4.78 is 0. The third-order valence-corrected chi connectivity index (χ3v) is 3.18. The lowest BCUT2D eigenvalue weighted by atomic mass is 9.91. The molecule has 0 heterocycles. The van der Waals surface area contributed by atoms with Gasteiger partial charge in [0.05, 0.1) is 0 Å². The van der Waals surface area contributed by atoms with E-state index in [9.17, 15) is 0 Å². The smallest absolute Gasteiger partial charge is 0.0287 e. The highest BCUT2D eigenvalue weighted by Gasteiger charge is 2.17. The van der Waals surface area contributed by atoms with Crippen LogP contribution in [0.5, 0.6) is 0 Å². The molecule has 0 amide bonds.